The quantitative estimate of drug-likeness (QED) is 0.469. The molecule has 1 N–H and O–H groups in total. The van der Waals surface area contributed by atoms with Gasteiger partial charge >= 0.3 is 0 Å². The minimum absolute atomic E-state index is 0.0778. The zero-order valence-electron chi connectivity index (χ0n) is 18.3. The van der Waals surface area contributed by atoms with Crippen molar-refractivity contribution in [2.75, 3.05) is 18.8 Å². The van der Waals surface area contributed by atoms with Crippen LogP contribution in [0.1, 0.15) is 24.8 Å². The molecule has 2 amide bonds. The third-order valence-electron chi connectivity index (χ3n) is 5.25. The summed E-state index contributed by atoms with van der Waals surface area (Å²) in [6, 6.07) is 15.5. The van der Waals surface area contributed by atoms with Gasteiger partial charge < -0.3 is 4.42 Å². The van der Waals surface area contributed by atoms with Gasteiger partial charge in [-0.1, -0.05) is 54.6 Å². The fraction of sp³-hybridized carbons (Fsp3) is 0.304. The minimum atomic E-state index is -3.59. The molecule has 9 nitrogen and oxygen atoms in total. The summed E-state index contributed by atoms with van der Waals surface area (Å²) in [5, 5.41) is 10.4. The maximum Gasteiger partial charge on any atom is 0.277 e. The van der Waals surface area contributed by atoms with E-state index in [0.29, 0.717) is 18.7 Å². The maximum atomic E-state index is 12.9. The third kappa shape index (κ3) is 6.10. The fourth-order valence-corrected chi connectivity index (χ4v) is 5.70. The molecule has 0 spiro atoms. The van der Waals surface area contributed by atoms with Crippen LogP contribution in [-0.4, -0.2) is 53.6 Å². The zero-order valence-corrected chi connectivity index (χ0v) is 20.0. The van der Waals surface area contributed by atoms with Crippen LogP contribution in [-0.2, 0) is 26.0 Å². The number of carbonyl (C=O) groups is 2. The van der Waals surface area contributed by atoms with Crippen molar-refractivity contribution < 1.29 is 22.4 Å². The Labute approximate surface area is 202 Å². The molecule has 1 fully saturated rings. The largest absolute Gasteiger partial charge is 0.411 e. The lowest BCUT2D eigenvalue weighted by molar-refractivity contribution is -0.128. The summed E-state index contributed by atoms with van der Waals surface area (Å²) in [5.41, 5.74) is 1.28. The number of hydrogen-bond donors (Lipinski definition) is 1. The highest BCUT2D eigenvalue weighted by molar-refractivity contribution is 7.99. The van der Waals surface area contributed by atoms with E-state index in [0.717, 1.165) is 36.6 Å². The van der Waals surface area contributed by atoms with Gasteiger partial charge in [-0.25, -0.2) is 8.42 Å². The second-order valence-corrected chi connectivity index (χ2v) is 10.7. The minimum Gasteiger partial charge on any atom is -0.411 e. The van der Waals surface area contributed by atoms with Crippen molar-refractivity contribution in [2.24, 2.45) is 0 Å². The van der Waals surface area contributed by atoms with Crippen molar-refractivity contribution in [1.29, 1.82) is 0 Å². The summed E-state index contributed by atoms with van der Waals surface area (Å²) in [7, 11) is -3.59. The van der Waals surface area contributed by atoms with E-state index < -0.39 is 21.8 Å². The van der Waals surface area contributed by atoms with Gasteiger partial charge in [0.05, 0.1) is 17.1 Å². The molecule has 1 aliphatic rings. The Balaban J connectivity index is 1.35. The number of amides is 2. The zero-order chi connectivity index (χ0) is 24.0. The number of aromatic nitrogens is 2. The SMILES string of the molecule is O=C(CSc1nnc(-c2cccc(S(=O)(=O)N3CCCCC3)c2)o1)NC(=O)Cc1ccccc1. The number of hydrogen-bond acceptors (Lipinski definition) is 8. The molecule has 2 heterocycles. The molecular weight excluding hydrogens is 476 g/mol. The summed E-state index contributed by atoms with van der Waals surface area (Å²) in [4.78, 5) is 24.3. The van der Waals surface area contributed by atoms with Gasteiger partial charge in [-0.2, -0.15) is 4.31 Å². The molecule has 1 aliphatic heterocycles. The van der Waals surface area contributed by atoms with Crippen LogP contribution < -0.4 is 5.32 Å². The van der Waals surface area contributed by atoms with Crippen molar-refractivity contribution in [1.82, 2.24) is 19.8 Å². The number of piperidine rings is 1. The van der Waals surface area contributed by atoms with Crippen LogP contribution in [0, 0.1) is 0 Å². The summed E-state index contributed by atoms with van der Waals surface area (Å²) < 4.78 is 33.0. The number of nitrogens with zero attached hydrogens (tertiary/aromatic N) is 3. The van der Waals surface area contributed by atoms with Crippen molar-refractivity contribution in [2.45, 2.75) is 35.8 Å². The third-order valence-corrected chi connectivity index (χ3v) is 7.97. The van der Waals surface area contributed by atoms with Crippen LogP contribution in [0.3, 0.4) is 0 Å². The van der Waals surface area contributed by atoms with E-state index in [1.54, 1.807) is 18.2 Å². The molecule has 0 saturated carbocycles. The average Bonchev–Trinajstić information content (AvgIpc) is 3.33. The first-order valence-corrected chi connectivity index (χ1v) is 13.3. The Bertz CT molecular complexity index is 1260. The Hall–Kier alpha value is -3.02. The van der Waals surface area contributed by atoms with Crippen molar-refractivity contribution in [3.05, 3.63) is 60.2 Å². The summed E-state index contributed by atoms with van der Waals surface area (Å²) in [6.07, 6.45) is 2.86. The lowest BCUT2D eigenvalue weighted by Crippen LogP contribution is -2.35. The highest BCUT2D eigenvalue weighted by Crippen LogP contribution is 2.27. The standard InChI is InChI=1S/C23H24N4O5S2/c28-20(14-17-8-3-1-4-9-17)24-21(29)16-33-23-26-25-22(32-23)18-10-7-11-19(15-18)34(30,31)27-12-5-2-6-13-27/h1,3-4,7-11,15H,2,5-6,12-14,16H2,(H,24,28,29). The molecule has 1 saturated heterocycles. The first-order chi connectivity index (χ1) is 16.4. The first-order valence-electron chi connectivity index (χ1n) is 10.9. The van der Waals surface area contributed by atoms with E-state index in [-0.39, 0.29) is 28.2 Å². The summed E-state index contributed by atoms with van der Waals surface area (Å²) in [5.74, 6) is -0.792. The predicted molar refractivity (Wildman–Crippen MR) is 126 cm³/mol. The van der Waals surface area contributed by atoms with Gasteiger partial charge in [-0.05, 0) is 36.6 Å². The van der Waals surface area contributed by atoms with E-state index in [1.165, 1.54) is 10.4 Å². The number of imide groups is 1. The van der Waals surface area contributed by atoms with Crippen LogP contribution in [0.2, 0.25) is 0 Å². The predicted octanol–water partition coefficient (Wildman–Crippen LogP) is 2.89. The van der Waals surface area contributed by atoms with Gasteiger partial charge in [0.2, 0.25) is 27.7 Å². The molecule has 0 aliphatic carbocycles. The molecule has 0 bridgehead atoms. The Morgan fingerprint density at radius 1 is 0.971 bits per heavy atom. The molecule has 2 aromatic carbocycles. The molecule has 0 unspecified atom stereocenters. The smallest absolute Gasteiger partial charge is 0.277 e. The molecule has 3 aromatic rings. The highest BCUT2D eigenvalue weighted by atomic mass is 32.2. The molecule has 178 valence electrons. The van der Waals surface area contributed by atoms with Crippen molar-refractivity contribution in [3.63, 3.8) is 0 Å². The van der Waals surface area contributed by atoms with E-state index in [2.05, 4.69) is 15.5 Å². The maximum absolute atomic E-state index is 12.9. The number of sulfonamides is 1. The van der Waals surface area contributed by atoms with Gasteiger partial charge in [-0.15, -0.1) is 10.2 Å². The first kappa shape index (κ1) is 24.1. The topological polar surface area (TPSA) is 122 Å². The van der Waals surface area contributed by atoms with Crippen LogP contribution >= 0.6 is 11.8 Å². The van der Waals surface area contributed by atoms with Crippen molar-refractivity contribution in [3.8, 4) is 11.5 Å². The Kier molecular flexibility index (Phi) is 7.76. The normalized spacial score (nSPS) is 14.6. The summed E-state index contributed by atoms with van der Waals surface area (Å²) >= 11 is 0.994. The Morgan fingerprint density at radius 3 is 2.50 bits per heavy atom. The number of thioether (sulfide) groups is 1. The van der Waals surface area contributed by atoms with Crippen LogP contribution in [0.5, 0.6) is 0 Å². The molecule has 0 radical (unpaired) electrons. The van der Waals surface area contributed by atoms with E-state index in [4.69, 9.17) is 4.42 Å². The number of carbonyl (C=O) groups excluding carboxylic acids is 2. The van der Waals surface area contributed by atoms with Gasteiger partial charge in [0, 0.05) is 18.7 Å². The van der Waals surface area contributed by atoms with Crippen molar-refractivity contribution >= 4 is 33.6 Å². The van der Waals surface area contributed by atoms with E-state index >= 15 is 0 Å². The van der Waals surface area contributed by atoms with Crippen LogP contribution in [0.15, 0.2) is 69.1 Å². The molecular formula is C23H24N4O5S2. The second kappa shape index (κ2) is 10.9. The lowest BCUT2D eigenvalue weighted by Gasteiger charge is -2.25. The summed E-state index contributed by atoms with van der Waals surface area (Å²) in [6.45, 7) is 1.04. The number of nitrogens with one attached hydrogen (secondary N) is 1. The molecule has 4 rings (SSSR count). The molecule has 34 heavy (non-hydrogen) atoms. The average molecular weight is 501 g/mol. The van der Waals surface area contributed by atoms with Crippen LogP contribution in [0.4, 0.5) is 0 Å². The van der Waals surface area contributed by atoms with Crippen LogP contribution in [0.25, 0.3) is 11.5 Å². The van der Waals surface area contributed by atoms with Gasteiger partial charge in [-0.3, -0.25) is 14.9 Å². The van der Waals surface area contributed by atoms with E-state index in [9.17, 15) is 18.0 Å². The lowest BCUT2D eigenvalue weighted by atomic mass is 10.1. The van der Waals surface area contributed by atoms with Gasteiger partial charge in [0.1, 0.15) is 0 Å². The van der Waals surface area contributed by atoms with Gasteiger partial charge in [0.25, 0.3) is 5.22 Å². The monoisotopic (exact) mass is 500 g/mol. The number of benzene rings is 2. The molecule has 1 aromatic heterocycles. The molecule has 0 atom stereocenters. The highest BCUT2D eigenvalue weighted by Gasteiger charge is 2.26. The molecule has 11 heteroatoms. The second-order valence-electron chi connectivity index (χ2n) is 7.79. The van der Waals surface area contributed by atoms with Gasteiger partial charge in [0.15, 0.2) is 0 Å². The fourth-order valence-electron chi connectivity index (χ4n) is 3.57. The number of rotatable bonds is 8. The Morgan fingerprint density at radius 2 is 1.74 bits per heavy atom. The van der Waals surface area contributed by atoms with E-state index in [1.807, 2.05) is 30.3 Å².